The van der Waals surface area contributed by atoms with Crippen LogP contribution in [0.25, 0.3) is 0 Å². The maximum atomic E-state index is 12.3. The Kier molecular flexibility index (Phi) is 7.77. The Morgan fingerprint density at radius 3 is 2.50 bits per heavy atom. The van der Waals surface area contributed by atoms with Gasteiger partial charge in [0.1, 0.15) is 5.75 Å². The number of halogens is 2. The van der Waals surface area contributed by atoms with E-state index in [1.54, 1.807) is 7.11 Å². The number of nitrogens with zero attached hydrogens (tertiary/aromatic N) is 1. The summed E-state index contributed by atoms with van der Waals surface area (Å²) in [7, 11) is 1.65. The molecule has 0 unspecified atom stereocenters. The van der Waals surface area contributed by atoms with Crippen molar-refractivity contribution in [3.63, 3.8) is 0 Å². The van der Waals surface area contributed by atoms with Gasteiger partial charge in [0.15, 0.2) is 0 Å². The van der Waals surface area contributed by atoms with Crippen LogP contribution in [-0.4, -0.2) is 37.0 Å². The number of rotatable bonds is 7. The Morgan fingerprint density at radius 1 is 1.18 bits per heavy atom. The van der Waals surface area contributed by atoms with Crippen LogP contribution in [0.15, 0.2) is 46.9 Å². The van der Waals surface area contributed by atoms with E-state index in [9.17, 15) is 4.79 Å². The average Bonchev–Trinajstić information content (AvgIpc) is 2.70. The molecule has 0 atom stereocenters. The van der Waals surface area contributed by atoms with Crippen LogP contribution in [0.2, 0.25) is 5.02 Å². The van der Waals surface area contributed by atoms with Gasteiger partial charge in [0.05, 0.1) is 11.6 Å². The van der Waals surface area contributed by atoms with E-state index in [1.807, 2.05) is 30.3 Å². The molecule has 1 N–H and O–H groups in total. The van der Waals surface area contributed by atoms with Gasteiger partial charge in [-0.1, -0.05) is 29.8 Å². The molecule has 0 aromatic heterocycles. The predicted octanol–water partition coefficient (Wildman–Crippen LogP) is 4.82. The van der Waals surface area contributed by atoms with Gasteiger partial charge in [0, 0.05) is 37.1 Å². The molecule has 1 heterocycles. The summed E-state index contributed by atoms with van der Waals surface area (Å²) < 4.78 is 6.16. The summed E-state index contributed by atoms with van der Waals surface area (Å²) in [5, 5.41) is 3.97. The third-order valence-electron chi connectivity index (χ3n) is 5.13. The molecule has 4 nitrogen and oxygen atoms in total. The molecule has 0 spiro atoms. The summed E-state index contributed by atoms with van der Waals surface area (Å²) in [5.41, 5.74) is 2.40. The van der Waals surface area contributed by atoms with Gasteiger partial charge in [-0.25, -0.2) is 0 Å². The van der Waals surface area contributed by atoms with Gasteiger partial charge in [-0.05, 0) is 70.6 Å². The second kappa shape index (κ2) is 10.3. The molecule has 1 amide bonds. The number of ether oxygens (including phenoxy) is 1. The number of hydrogen-bond donors (Lipinski definition) is 1. The van der Waals surface area contributed by atoms with E-state index >= 15 is 0 Å². The van der Waals surface area contributed by atoms with Crippen LogP contribution in [-0.2, 0) is 17.8 Å². The molecular weight excluding hydrogens is 440 g/mol. The summed E-state index contributed by atoms with van der Waals surface area (Å²) in [5.74, 6) is 0.932. The smallest absolute Gasteiger partial charge is 0.220 e. The Hall–Kier alpha value is -1.56. The monoisotopic (exact) mass is 464 g/mol. The van der Waals surface area contributed by atoms with E-state index in [-0.39, 0.29) is 11.9 Å². The second-order valence-corrected chi connectivity index (χ2v) is 8.50. The molecule has 1 aliphatic heterocycles. The molecule has 6 heteroatoms. The number of carbonyl (C=O) groups is 1. The molecule has 150 valence electrons. The van der Waals surface area contributed by atoms with Crippen molar-refractivity contribution in [3.8, 4) is 5.75 Å². The van der Waals surface area contributed by atoms with Gasteiger partial charge in [-0.15, -0.1) is 0 Å². The Labute approximate surface area is 180 Å². The molecule has 0 saturated carbocycles. The molecule has 1 fully saturated rings. The fourth-order valence-electron chi connectivity index (χ4n) is 3.51. The summed E-state index contributed by atoms with van der Waals surface area (Å²) in [6.07, 6.45) is 3.22. The van der Waals surface area contributed by atoms with Crippen LogP contribution in [0.1, 0.15) is 30.4 Å². The minimum atomic E-state index is 0.128. The lowest BCUT2D eigenvalue weighted by molar-refractivity contribution is -0.122. The zero-order valence-electron chi connectivity index (χ0n) is 16.1. The van der Waals surface area contributed by atoms with E-state index < -0.39 is 0 Å². The molecule has 3 rings (SSSR count). The van der Waals surface area contributed by atoms with E-state index in [1.165, 1.54) is 5.56 Å². The Balaban J connectivity index is 1.38. The van der Waals surface area contributed by atoms with Crippen LogP contribution >= 0.6 is 27.5 Å². The minimum absolute atomic E-state index is 0.128. The molecule has 2 aromatic rings. The number of hydrogen-bond acceptors (Lipinski definition) is 3. The van der Waals surface area contributed by atoms with Gasteiger partial charge < -0.3 is 10.1 Å². The fraction of sp³-hybridized carbons (Fsp3) is 0.409. The highest BCUT2D eigenvalue weighted by Crippen LogP contribution is 2.26. The minimum Gasteiger partial charge on any atom is -0.496 e. The van der Waals surface area contributed by atoms with E-state index in [0.29, 0.717) is 6.42 Å². The van der Waals surface area contributed by atoms with Crippen LogP contribution < -0.4 is 10.1 Å². The molecule has 0 bridgehead atoms. The predicted molar refractivity (Wildman–Crippen MR) is 117 cm³/mol. The van der Waals surface area contributed by atoms with E-state index in [0.717, 1.165) is 59.7 Å². The molecule has 1 saturated heterocycles. The summed E-state index contributed by atoms with van der Waals surface area (Å²) in [4.78, 5) is 14.8. The van der Waals surface area contributed by atoms with Gasteiger partial charge in [0.25, 0.3) is 0 Å². The van der Waals surface area contributed by atoms with Crippen molar-refractivity contribution >= 4 is 33.4 Å². The average molecular weight is 466 g/mol. The summed E-state index contributed by atoms with van der Waals surface area (Å²) in [6.45, 7) is 2.93. The quantitative estimate of drug-likeness (QED) is 0.637. The molecule has 1 aliphatic rings. The molecule has 28 heavy (non-hydrogen) atoms. The largest absolute Gasteiger partial charge is 0.496 e. The second-order valence-electron chi connectivity index (χ2n) is 7.21. The Morgan fingerprint density at radius 2 is 1.86 bits per heavy atom. The molecule has 0 radical (unpaired) electrons. The van der Waals surface area contributed by atoms with Crippen LogP contribution in [0.5, 0.6) is 5.75 Å². The fourth-order valence-corrected chi connectivity index (χ4v) is 4.22. The molecular formula is C22H26BrClN2O2. The maximum Gasteiger partial charge on any atom is 0.220 e. The highest BCUT2D eigenvalue weighted by Gasteiger charge is 2.20. The summed E-state index contributed by atoms with van der Waals surface area (Å²) >= 11 is 9.44. The van der Waals surface area contributed by atoms with Crippen LogP contribution in [0.3, 0.4) is 0 Å². The van der Waals surface area contributed by atoms with Crippen molar-refractivity contribution in [1.82, 2.24) is 10.2 Å². The van der Waals surface area contributed by atoms with Gasteiger partial charge in [-0.2, -0.15) is 0 Å². The zero-order valence-corrected chi connectivity index (χ0v) is 18.4. The first kappa shape index (κ1) is 21.2. The lowest BCUT2D eigenvalue weighted by atomic mass is 10.0. The third kappa shape index (κ3) is 6.23. The number of amides is 1. The van der Waals surface area contributed by atoms with E-state index in [2.05, 4.69) is 38.3 Å². The van der Waals surface area contributed by atoms with Crippen molar-refractivity contribution in [2.24, 2.45) is 0 Å². The van der Waals surface area contributed by atoms with Gasteiger partial charge in [0.2, 0.25) is 5.91 Å². The number of benzene rings is 2. The van der Waals surface area contributed by atoms with Gasteiger partial charge >= 0.3 is 0 Å². The van der Waals surface area contributed by atoms with Crippen molar-refractivity contribution in [2.45, 2.75) is 38.3 Å². The first-order chi connectivity index (χ1) is 13.5. The highest BCUT2D eigenvalue weighted by molar-refractivity contribution is 9.10. The van der Waals surface area contributed by atoms with E-state index in [4.69, 9.17) is 16.3 Å². The Bertz CT molecular complexity index is 790. The standard InChI is InChI=1S/C22H26BrClN2O2/c1-28-21-8-4-16(14-20(21)23)5-9-22(27)25-19-10-12-26(13-11-19)15-17-2-6-18(24)7-3-17/h2-4,6-8,14,19H,5,9-13,15H2,1H3,(H,25,27). The van der Waals surface area contributed by atoms with Crippen LogP contribution in [0.4, 0.5) is 0 Å². The van der Waals surface area contributed by atoms with Crippen molar-refractivity contribution in [1.29, 1.82) is 0 Å². The van der Waals surface area contributed by atoms with Crippen molar-refractivity contribution in [3.05, 3.63) is 63.1 Å². The SMILES string of the molecule is COc1ccc(CCC(=O)NC2CCN(Cc3ccc(Cl)cc3)CC2)cc1Br. The van der Waals surface area contributed by atoms with Crippen molar-refractivity contribution < 1.29 is 9.53 Å². The lowest BCUT2D eigenvalue weighted by Crippen LogP contribution is -2.44. The molecule has 0 aliphatic carbocycles. The molecule has 2 aromatic carbocycles. The highest BCUT2D eigenvalue weighted by atomic mass is 79.9. The topological polar surface area (TPSA) is 41.6 Å². The third-order valence-corrected chi connectivity index (χ3v) is 6.00. The van der Waals surface area contributed by atoms with Crippen molar-refractivity contribution in [2.75, 3.05) is 20.2 Å². The number of carbonyl (C=O) groups excluding carboxylic acids is 1. The number of piperidine rings is 1. The number of nitrogens with one attached hydrogen (secondary N) is 1. The first-order valence-corrected chi connectivity index (χ1v) is 10.8. The lowest BCUT2D eigenvalue weighted by Gasteiger charge is -2.32. The van der Waals surface area contributed by atoms with Crippen LogP contribution in [0, 0.1) is 0 Å². The number of aryl methyl sites for hydroxylation is 1. The number of likely N-dealkylation sites (tertiary alicyclic amines) is 1. The summed E-state index contributed by atoms with van der Waals surface area (Å²) in [6, 6.07) is 14.2. The first-order valence-electron chi connectivity index (χ1n) is 9.62. The zero-order chi connectivity index (χ0) is 19.9. The maximum absolute atomic E-state index is 12.3. The van der Waals surface area contributed by atoms with Gasteiger partial charge in [-0.3, -0.25) is 9.69 Å². The number of methoxy groups -OCH3 is 1. The normalized spacial score (nSPS) is 15.4.